The lowest BCUT2D eigenvalue weighted by molar-refractivity contribution is 0.0240. The predicted octanol–water partition coefficient (Wildman–Crippen LogP) is 1.85. The van der Waals surface area contributed by atoms with E-state index < -0.39 is 0 Å². The van der Waals surface area contributed by atoms with Gasteiger partial charge in [-0.1, -0.05) is 6.07 Å². The summed E-state index contributed by atoms with van der Waals surface area (Å²) in [5.41, 5.74) is 3.22. The lowest BCUT2D eigenvalue weighted by Gasteiger charge is -2.25. The van der Waals surface area contributed by atoms with Crippen molar-refractivity contribution in [3.63, 3.8) is 0 Å². The van der Waals surface area contributed by atoms with Gasteiger partial charge in [0.1, 0.15) is 11.9 Å². The van der Waals surface area contributed by atoms with Crippen LogP contribution in [0.15, 0.2) is 30.7 Å². The lowest BCUT2D eigenvalue weighted by Crippen LogP contribution is -2.34. The molecule has 1 saturated heterocycles. The second-order valence-electron chi connectivity index (χ2n) is 4.93. The summed E-state index contributed by atoms with van der Waals surface area (Å²) in [6.07, 6.45) is 3.70. The monoisotopic (exact) mass is 273 g/mol. The van der Waals surface area contributed by atoms with Crippen molar-refractivity contribution in [1.29, 1.82) is 0 Å². The number of morpholine rings is 1. The highest BCUT2D eigenvalue weighted by Gasteiger charge is 2.21. The zero-order valence-corrected chi connectivity index (χ0v) is 11.8. The molecule has 2 heterocycles. The maximum Gasteiger partial charge on any atom is 0.142 e. The Balaban J connectivity index is 2.02. The summed E-state index contributed by atoms with van der Waals surface area (Å²) < 4.78 is 13.3. The zero-order valence-electron chi connectivity index (χ0n) is 11.8. The largest absolute Gasteiger partial charge is 0.495 e. The van der Waals surface area contributed by atoms with Crippen LogP contribution in [0, 0.1) is 6.92 Å². The molecule has 3 rings (SSSR count). The first-order valence-corrected chi connectivity index (χ1v) is 6.79. The maximum absolute atomic E-state index is 5.82. The van der Waals surface area contributed by atoms with E-state index in [1.165, 1.54) is 5.56 Å². The number of nitrogens with zero attached hydrogens (tertiary/aromatic N) is 2. The van der Waals surface area contributed by atoms with E-state index in [9.17, 15) is 0 Å². The van der Waals surface area contributed by atoms with Crippen molar-refractivity contribution in [2.75, 3.05) is 26.8 Å². The molecule has 1 aromatic heterocycles. The molecule has 1 aliphatic rings. The minimum absolute atomic E-state index is 0.0245. The molecule has 106 valence electrons. The fourth-order valence-electron chi connectivity index (χ4n) is 2.49. The van der Waals surface area contributed by atoms with Gasteiger partial charge in [-0.2, -0.15) is 0 Å². The standard InChI is InChI=1S/C15H19N3O2/c1-11-3-4-14(19-2)12(7-11)18-10-17-8-13(18)15-9-16-5-6-20-15/h3-4,7-8,10,15-16H,5-6,9H2,1-2H3. The first-order chi connectivity index (χ1) is 9.79. The molecule has 5 heteroatoms. The number of hydrogen-bond acceptors (Lipinski definition) is 4. The van der Waals surface area contributed by atoms with Gasteiger partial charge in [0.05, 0.1) is 37.6 Å². The molecule has 0 bridgehead atoms. The van der Waals surface area contributed by atoms with Gasteiger partial charge in [0.15, 0.2) is 0 Å². The molecule has 5 nitrogen and oxygen atoms in total. The topological polar surface area (TPSA) is 48.3 Å². The van der Waals surface area contributed by atoms with Crippen molar-refractivity contribution in [2.45, 2.75) is 13.0 Å². The van der Waals surface area contributed by atoms with E-state index in [0.29, 0.717) is 0 Å². The molecule has 1 N–H and O–H groups in total. The Morgan fingerprint density at radius 1 is 1.45 bits per heavy atom. The SMILES string of the molecule is COc1ccc(C)cc1-n1cncc1C1CNCCO1. The highest BCUT2D eigenvalue weighted by atomic mass is 16.5. The van der Waals surface area contributed by atoms with E-state index in [0.717, 1.165) is 36.8 Å². The summed E-state index contributed by atoms with van der Waals surface area (Å²) >= 11 is 0. The fourth-order valence-corrected chi connectivity index (χ4v) is 2.49. The smallest absolute Gasteiger partial charge is 0.142 e. The van der Waals surface area contributed by atoms with Gasteiger partial charge in [-0.15, -0.1) is 0 Å². The van der Waals surface area contributed by atoms with E-state index in [-0.39, 0.29) is 6.10 Å². The van der Waals surface area contributed by atoms with Crippen molar-refractivity contribution in [2.24, 2.45) is 0 Å². The molecule has 0 spiro atoms. The normalized spacial score (nSPS) is 19.0. The predicted molar refractivity (Wildman–Crippen MR) is 76.4 cm³/mol. The third-order valence-electron chi connectivity index (χ3n) is 3.52. The van der Waals surface area contributed by atoms with E-state index >= 15 is 0 Å². The summed E-state index contributed by atoms with van der Waals surface area (Å²) in [6.45, 7) is 4.50. The van der Waals surface area contributed by atoms with Crippen molar-refractivity contribution < 1.29 is 9.47 Å². The van der Waals surface area contributed by atoms with E-state index in [1.807, 2.05) is 29.2 Å². The molecule has 0 radical (unpaired) electrons. The summed E-state index contributed by atoms with van der Waals surface area (Å²) in [7, 11) is 1.68. The summed E-state index contributed by atoms with van der Waals surface area (Å²) in [5.74, 6) is 0.832. The molecule has 1 unspecified atom stereocenters. The number of nitrogens with one attached hydrogen (secondary N) is 1. The number of benzene rings is 1. The minimum Gasteiger partial charge on any atom is -0.495 e. The van der Waals surface area contributed by atoms with Crippen LogP contribution < -0.4 is 10.1 Å². The molecule has 1 atom stereocenters. The van der Waals surface area contributed by atoms with Gasteiger partial charge in [0.2, 0.25) is 0 Å². The third-order valence-corrected chi connectivity index (χ3v) is 3.52. The van der Waals surface area contributed by atoms with Crippen LogP contribution in [0.3, 0.4) is 0 Å². The van der Waals surface area contributed by atoms with Gasteiger partial charge < -0.3 is 14.8 Å². The van der Waals surface area contributed by atoms with Crippen LogP contribution in [-0.2, 0) is 4.74 Å². The first-order valence-electron chi connectivity index (χ1n) is 6.79. The Labute approximate surface area is 118 Å². The molecule has 1 fully saturated rings. The Morgan fingerprint density at radius 2 is 2.35 bits per heavy atom. The van der Waals surface area contributed by atoms with Crippen molar-refractivity contribution in [3.8, 4) is 11.4 Å². The molecule has 2 aromatic rings. The number of hydrogen-bond donors (Lipinski definition) is 1. The van der Waals surface area contributed by atoms with Gasteiger partial charge in [-0.3, -0.25) is 4.57 Å². The molecular weight excluding hydrogens is 254 g/mol. The molecule has 1 aliphatic heterocycles. The number of imidazole rings is 1. The molecule has 0 amide bonds. The van der Waals surface area contributed by atoms with Crippen LogP contribution in [-0.4, -0.2) is 36.4 Å². The molecule has 20 heavy (non-hydrogen) atoms. The summed E-state index contributed by atoms with van der Waals surface area (Å²) in [6, 6.07) is 6.12. The number of methoxy groups -OCH3 is 1. The Bertz CT molecular complexity index is 589. The molecule has 0 saturated carbocycles. The van der Waals surface area contributed by atoms with Crippen LogP contribution in [0.4, 0.5) is 0 Å². The van der Waals surface area contributed by atoms with Crippen LogP contribution in [0.1, 0.15) is 17.4 Å². The Hall–Kier alpha value is -1.85. The van der Waals surface area contributed by atoms with Crippen molar-refractivity contribution >= 4 is 0 Å². The summed E-state index contributed by atoms with van der Waals surface area (Å²) in [5, 5.41) is 3.34. The molecule has 0 aliphatic carbocycles. The third kappa shape index (κ3) is 2.42. The number of ether oxygens (including phenoxy) is 2. The minimum atomic E-state index is 0.0245. The first kappa shape index (κ1) is 13.1. The number of aromatic nitrogens is 2. The number of rotatable bonds is 3. The second-order valence-corrected chi connectivity index (χ2v) is 4.93. The summed E-state index contributed by atoms with van der Waals surface area (Å²) in [4.78, 5) is 4.28. The Kier molecular flexibility index (Phi) is 3.71. The average Bonchev–Trinajstić information content (AvgIpc) is 2.97. The van der Waals surface area contributed by atoms with E-state index in [1.54, 1.807) is 7.11 Å². The van der Waals surface area contributed by atoms with Crippen LogP contribution >= 0.6 is 0 Å². The average molecular weight is 273 g/mol. The quantitative estimate of drug-likeness (QED) is 0.927. The lowest BCUT2D eigenvalue weighted by atomic mass is 10.2. The van der Waals surface area contributed by atoms with Crippen LogP contribution in [0.2, 0.25) is 0 Å². The van der Waals surface area contributed by atoms with Crippen molar-refractivity contribution in [3.05, 3.63) is 42.0 Å². The maximum atomic E-state index is 5.82. The second kappa shape index (κ2) is 5.64. The van der Waals surface area contributed by atoms with Crippen molar-refractivity contribution in [1.82, 2.24) is 14.9 Å². The van der Waals surface area contributed by atoms with Crippen LogP contribution in [0.5, 0.6) is 5.75 Å². The van der Waals surface area contributed by atoms with Gasteiger partial charge in [0.25, 0.3) is 0 Å². The van der Waals surface area contributed by atoms with Crippen LogP contribution in [0.25, 0.3) is 5.69 Å². The Morgan fingerprint density at radius 3 is 3.10 bits per heavy atom. The highest BCUT2D eigenvalue weighted by Crippen LogP contribution is 2.28. The highest BCUT2D eigenvalue weighted by molar-refractivity contribution is 5.50. The van der Waals surface area contributed by atoms with Gasteiger partial charge in [-0.05, 0) is 24.6 Å². The fraction of sp³-hybridized carbons (Fsp3) is 0.400. The van der Waals surface area contributed by atoms with Gasteiger partial charge >= 0.3 is 0 Å². The van der Waals surface area contributed by atoms with Gasteiger partial charge in [-0.25, -0.2) is 4.98 Å². The molecular formula is C15H19N3O2. The molecule has 1 aromatic carbocycles. The van der Waals surface area contributed by atoms with Gasteiger partial charge in [0, 0.05) is 13.1 Å². The number of aryl methyl sites for hydroxylation is 1. The zero-order chi connectivity index (χ0) is 13.9. The van der Waals surface area contributed by atoms with E-state index in [2.05, 4.69) is 23.3 Å². The van der Waals surface area contributed by atoms with E-state index in [4.69, 9.17) is 9.47 Å².